The molecule has 5 rings (SSSR count). The number of carbonyl (C=O) groups excluding carboxylic acids is 1. The van der Waals surface area contributed by atoms with E-state index in [9.17, 15) is 9.59 Å². The molecule has 0 atom stereocenters. The van der Waals surface area contributed by atoms with Crippen molar-refractivity contribution in [2.24, 2.45) is 0 Å². The summed E-state index contributed by atoms with van der Waals surface area (Å²) in [6.07, 6.45) is 0. The number of anilines is 1. The van der Waals surface area contributed by atoms with Crippen molar-refractivity contribution in [3.05, 3.63) is 80.7 Å². The Balaban J connectivity index is 1.22. The average Bonchev–Trinajstić information content (AvgIpc) is 3.24. The Morgan fingerprint density at radius 3 is 2.40 bits per heavy atom. The summed E-state index contributed by atoms with van der Waals surface area (Å²) < 4.78 is 1.34. The van der Waals surface area contributed by atoms with Crippen molar-refractivity contribution in [1.82, 2.24) is 24.4 Å². The largest absolute Gasteiger partial charge is 0.322 e. The van der Waals surface area contributed by atoms with E-state index in [1.807, 2.05) is 43.0 Å². The van der Waals surface area contributed by atoms with Gasteiger partial charge in [0, 0.05) is 55.1 Å². The van der Waals surface area contributed by atoms with E-state index in [2.05, 4.69) is 26.4 Å². The van der Waals surface area contributed by atoms with Crippen molar-refractivity contribution >= 4 is 39.6 Å². The smallest absolute Gasteiger partial charge is 0.321 e. The van der Waals surface area contributed by atoms with Crippen molar-refractivity contribution in [2.75, 3.05) is 31.5 Å². The van der Waals surface area contributed by atoms with E-state index in [4.69, 9.17) is 11.6 Å². The number of hydrogen-bond acceptors (Lipinski definition) is 6. The first kappa shape index (κ1) is 23.5. The lowest BCUT2D eigenvalue weighted by atomic mass is 10.1. The zero-order valence-corrected chi connectivity index (χ0v) is 21.1. The number of aryl methyl sites for hydroxylation is 2. The number of nitrogens with one attached hydrogen (secondary N) is 1. The number of hydrogen-bond donors (Lipinski definition) is 1. The van der Waals surface area contributed by atoms with Crippen LogP contribution in [0.2, 0.25) is 5.02 Å². The molecule has 0 spiro atoms. The van der Waals surface area contributed by atoms with E-state index in [0.29, 0.717) is 53.4 Å². The van der Waals surface area contributed by atoms with Crippen LogP contribution in [0.5, 0.6) is 0 Å². The third-order valence-corrected chi connectivity index (χ3v) is 7.12. The molecule has 2 amide bonds. The monoisotopic (exact) mass is 508 g/mol. The van der Waals surface area contributed by atoms with Crippen LogP contribution >= 0.6 is 22.9 Å². The van der Waals surface area contributed by atoms with Crippen LogP contribution in [0.3, 0.4) is 0 Å². The molecule has 180 valence electrons. The maximum absolute atomic E-state index is 12.7. The zero-order chi connectivity index (χ0) is 24.5. The van der Waals surface area contributed by atoms with Gasteiger partial charge in [0.05, 0.1) is 5.69 Å². The second-order valence-electron chi connectivity index (χ2n) is 8.76. The summed E-state index contributed by atoms with van der Waals surface area (Å²) in [5.41, 5.74) is 4.44. The predicted octanol–water partition coefficient (Wildman–Crippen LogP) is 4.44. The number of urea groups is 1. The number of halogens is 1. The van der Waals surface area contributed by atoms with Crippen LogP contribution in [0, 0.1) is 13.8 Å². The molecule has 3 heterocycles. The molecule has 0 saturated carbocycles. The molecule has 0 unspecified atom stereocenters. The van der Waals surface area contributed by atoms with Gasteiger partial charge in [-0.05, 0) is 49.2 Å². The van der Waals surface area contributed by atoms with Gasteiger partial charge in [-0.15, -0.1) is 0 Å². The molecular formula is C25H25ClN6O2S. The molecule has 0 bridgehead atoms. The van der Waals surface area contributed by atoms with Crippen molar-refractivity contribution in [3.63, 3.8) is 0 Å². The van der Waals surface area contributed by atoms with Crippen LogP contribution in [-0.2, 0) is 6.54 Å². The SMILES string of the molecule is Cc1cc(C)cc(NC(=O)N2CCN(Cc3cc(=O)n4nc(-c5ccc(Cl)cc5)sc4n3)CC2)c1. The normalized spacial score (nSPS) is 14.4. The molecule has 10 heteroatoms. The van der Waals surface area contributed by atoms with E-state index in [-0.39, 0.29) is 11.6 Å². The molecule has 0 aliphatic carbocycles. The summed E-state index contributed by atoms with van der Waals surface area (Å²) in [5.74, 6) is 0. The average molecular weight is 509 g/mol. The summed E-state index contributed by atoms with van der Waals surface area (Å²) in [7, 11) is 0. The molecule has 1 aliphatic rings. The van der Waals surface area contributed by atoms with Gasteiger partial charge in [-0.1, -0.05) is 41.1 Å². The quantitative estimate of drug-likeness (QED) is 0.440. The highest BCUT2D eigenvalue weighted by molar-refractivity contribution is 7.19. The summed E-state index contributed by atoms with van der Waals surface area (Å²) in [6, 6.07) is 14.8. The Kier molecular flexibility index (Phi) is 6.55. The van der Waals surface area contributed by atoms with Gasteiger partial charge in [0.15, 0.2) is 0 Å². The van der Waals surface area contributed by atoms with Crippen molar-refractivity contribution < 1.29 is 4.79 Å². The highest BCUT2D eigenvalue weighted by Gasteiger charge is 2.22. The lowest BCUT2D eigenvalue weighted by molar-refractivity contribution is 0.142. The topological polar surface area (TPSA) is 82.8 Å². The summed E-state index contributed by atoms with van der Waals surface area (Å²) >= 11 is 7.35. The number of amides is 2. The number of piperazine rings is 1. The molecule has 2 aromatic heterocycles. The number of aromatic nitrogens is 3. The van der Waals surface area contributed by atoms with E-state index < -0.39 is 0 Å². The Morgan fingerprint density at radius 2 is 1.71 bits per heavy atom. The molecule has 1 N–H and O–H groups in total. The summed E-state index contributed by atoms with van der Waals surface area (Å²) in [6.45, 7) is 7.22. The molecule has 8 nitrogen and oxygen atoms in total. The summed E-state index contributed by atoms with van der Waals surface area (Å²) in [5, 5.41) is 8.79. The van der Waals surface area contributed by atoms with E-state index >= 15 is 0 Å². The van der Waals surface area contributed by atoms with Gasteiger partial charge in [0.1, 0.15) is 5.01 Å². The molecule has 1 fully saturated rings. The molecule has 1 saturated heterocycles. The minimum Gasteiger partial charge on any atom is -0.322 e. The first-order chi connectivity index (χ1) is 16.8. The van der Waals surface area contributed by atoms with E-state index in [1.54, 1.807) is 12.1 Å². The number of benzene rings is 2. The Bertz CT molecular complexity index is 1420. The van der Waals surface area contributed by atoms with Crippen LogP contribution in [0.4, 0.5) is 10.5 Å². The molecule has 35 heavy (non-hydrogen) atoms. The van der Waals surface area contributed by atoms with Crippen LogP contribution in [-0.4, -0.2) is 56.6 Å². The van der Waals surface area contributed by atoms with Crippen LogP contribution in [0.15, 0.2) is 53.3 Å². The van der Waals surface area contributed by atoms with Gasteiger partial charge >= 0.3 is 6.03 Å². The zero-order valence-electron chi connectivity index (χ0n) is 19.5. The Morgan fingerprint density at radius 1 is 1.03 bits per heavy atom. The third-order valence-electron chi connectivity index (χ3n) is 5.91. The first-order valence-electron chi connectivity index (χ1n) is 11.4. The highest BCUT2D eigenvalue weighted by atomic mass is 35.5. The second-order valence-corrected chi connectivity index (χ2v) is 10.2. The predicted molar refractivity (Wildman–Crippen MR) is 139 cm³/mol. The number of fused-ring (bicyclic) bond motifs is 1. The van der Waals surface area contributed by atoms with Crippen LogP contribution in [0.1, 0.15) is 16.8 Å². The lowest BCUT2D eigenvalue weighted by Gasteiger charge is -2.34. The Hall–Kier alpha value is -3.27. The number of carbonyl (C=O) groups is 1. The molecule has 1 aliphatic heterocycles. The maximum Gasteiger partial charge on any atom is 0.321 e. The second kappa shape index (κ2) is 9.77. The fraction of sp³-hybridized carbons (Fsp3) is 0.280. The van der Waals surface area contributed by atoms with Crippen LogP contribution in [0.25, 0.3) is 15.5 Å². The van der Waals surface area contributed by atoms with Gasteiger partial charge in [-0.25, -0.2) is 9.78 Å². The van der Waals surface area contributed by atoms with E-state index in [0.717, 1.165) is 22.4 Å². The molecule has 2 aromatic carbocycles. The fourth-order valence-electron chi connectivity index (χ4n) is 4.23. The van der Waals surface area contributed by atoms with Gasteiger partial charge in [-0.3, -0.25) is 9.69 Å². The first-order valence-corrected chi connectivity index (χ1v) is 12.6. The van der Waals surface area contributed by atoms with Crippen LogP contribution < -0.4 is 10.9 Å². The van der Waals surface area contributed by atoms with Gasteiger partial charge < -0.3 is 10.2 Å². The van der Waals surface area contributed by atoms with Gasteiger partial charge in [0.2, 0.25) is 4.96 Å². The number of rotatable bonds is 4. The van der Waals surface area contributed by atoms with Crippen molar-refractivity contribution in [1.29, 1.82) is 0 Å². The van der Waals surface area contributed by atoms with E-state index in [1.165, 1.54) is 21.9 Å². The van der Waals surface area contributed by atoms with Crippen molar-refractivity contribution in [3.8, 4) is 10.6 Å². The maximum atomic E-state index is 12.7. The Labute approximate surface area is 211 Å². The lowest BCUT2D eigenvalue weighted by Crippen LogP contribution is -2.49. The minimum absolute atomic E-state index is 0.0909. The summed E-state index contributed by atoms with van der Waals surface area (Å²) in [4.78, 5) is 34.6. The highest BCUT2D eigenvalue weighted by Crippen LogP contribution is 2.25. The standard InChI is InChI=1S/C25H25ClN6O2S/c1-16-11-17(2)13-20(12-16)27-24(34)31-9-7-30(8-10-31)15-21-14-22(33)32-25(28-21)35-23(29-32)18-3-5-19(26)6-4-18/h3-6,11-14H,7-10,15H2,1-2H3,(H,27,34). The van der Waals surface area contributed by atoms with Gasteiger partial charge in [0.25, 0.3) is 5.56 Å². The number of nitrogens with zero attached hydrogens (tertiary/aromatic N) is 5. The molecule has 0 radical (unpaired) electrons. The molecular weight excluding hydrogens is 484 g/mol. The third kappa shape index (κ3) is 5.37. The fourth-order valence-corrected chi connectivity index (χ4v) is 5.29. The van der Waals surface area contributed by atoms with Gasteiger partial charge in [-0.2, -0.15) is 9.61 Å². The minimum atomic E-state index is -0.201. The van der Waals surface area contributed by atoms with Crippen molar-refractivity contribution in [2.45, 2.75) is 20.4 Å². The molecule has 4 aromatic rings.